The molecule has 0 N–H and O–H groups in total. The molecule has 5 nitrogen and oxygen atoms in total. The van der Waals surface area contributed by atoms with Crippen molar-refractivity contribution in [2.45, 2.75) is 40.7 Å². The van der Waals surface area contributed by atoms with Gasteiger partial charge in [-0.3, -0.25) is 4.68 Å². The van der Waals surface area contributed by atoms with Crippen LogP contribution in [0, 0.1) is 20.8 Å². The summed E-state index contributed by atoms with van der Waals surface area (Å²) in [5.74, 6) is 1.36. The van der Waals surface area contributed by atoms with E-state index >= 15 is 0 Å². The molecule has 2 heterocycles. The third kappa shape index (κ3) is 1.85. The molecule has 16 heavy (non-hydrogen) atoms. The fourth-order valence-electron chi connectivity index (χ4n) is 1.57. The molecule has 0 atom stereocenters. The Bertz CT molecular complexity index is 498. The van der Waals surface area contributed by atoms with Crippen molar-refractivity contribution in [3.8, 4) is 0 Å². The minimum atomic E-state index is 0.573. The van der Waals surface area contributed by atoms with E-state index in [0.717, 1.165) is 17.8 Å². The van der Waals surface area contributed by atoms with Gasteiger partial charge in [0.25, 0.3) is 0 Å². The maximum atomic E-state index is 5.06. The lowest BCUT2D eigenvalue weighted by Gasteiger charge is -1.99. The first kappa shape index (κ1) is 10.9. The summed E-state index contributed by atoms with van der Waals surface area (Å²) in [6.45, 7) is 8.69. The van der Waals surface area contributed by atoms with Crippen molar-refractivity contribution in [1.82, 2.24) is 19.9 Å². The van der Waals surface area contributed by atoms with Gasteiger partial charge < -0.3 is 4.52 Å². The van der Waals surface area contributed by atoms with Gasteiger partial charge in [-0.05, 0) is 26.3 Å². The number of rotatable bonds is 3. The summed E-state index contributed by atoms with van der Waals surface area (Å²) in [6.07, 6.45) is 0.767. The summed E-state index contributed by atoms with van der Waals surface area (Å²) in [7, 11) is 0. The van der Waals surface area contributed by atoms with E-state index in [9.17, 15) is 0 Å². The quantitative estimate of drug-likeness (QED) is 0.791. The Morgan fingerprint density at radius 1 is 1.25 bits per heavy atom. The fourth-order valence-corrected chi connectivity index (χ4v) is 1.57. The first-order chi connectivity index (χ1) is 7.61. The van der Waals surface area contributed by atoms with Crippen molar-refractivity contribution >= 4 is 0 Å². The van der Waals surface area contributed by atoms with Gasteiger partial charge in [0.15, 0.2) is 5.82 Å². The fraction of sp³-hybridized carbons (Fsp3) is 0.545. The average molecular weight is 220 g/mol. The Hall–Kier alpha value is -1.65. The monoisotopic (exact) mass is 220 g/mol. The molecule has 0 saturated heterocycles. The van der Waals surface area contributed by atoms with Crippen LogP contribution in [-0.2, 0) is 13.0 Å². The maximum absolute atomic E-state index is 5.06. The summed E-state index contributed by atoms with van der Waals surface area (Å²) >= 11 is 0. The summed E-state index contributed by atoms with van der Waals surface area (Å²) < 4.78 is 6.97. The summed E-state index contributed by atoms with van der Waals surface area (Å²) in [4.78, 5) is 4.27. The van der Waals surface area contributed by atoms with E-state index in [4.69, 9.17) is 4.52 Å². The van der Waals surface area contributed by atoms with E-state index in [1.54, 1.807) is 0 Å². The van der Waals surface area contributed by atoms with Crippen LogP contribution in [-0.4, -0.2) is 19.9 Å². The number of hydrogen-bond acceptors (Lipinski definition) is 4. The summed E-state index contributed by atoms with van der Waals surface area (Å²) in [5, 5.41) is 8.35. The summed E-state index contributed by atoms with van der Waals surface area (Å²) in [5.41, 5.74) is 3.43. The maximum Gasteiger partial charge on any atom is 0.226 e. The van der Waals surface area contributed by atoms with Crippen molar-refractivity contribution in [3.05, 3.63) is 28.7 Å². The molecule has 0 aliphatic rings. The van der Waals surface area contributed by atoms with Gasteiger partial charge in [0.2, 0.25) is 5.89 Å². The van der Waals surface area contributed by atoms with E-state index < -0.39 is 0 Å². The minimum absolute atomic E-state index is 0.573. The molecule has 0 aliphatic heterocycles. The molecule has 86 valence electrons. The Morgan fingerprint density at radius 2 is 2.00 bits per heavy atom. The van der Waals surface area contributed by atoms with Crippen molar-refractivity contribution in [3.63, 3.8) is 0 Å². The van der Waals surface area contributed by atoms with Gasteiger partial charge in [-0.15, -0.1) is 0 Å². The predicted molar refractivity (Wildman–Crippen MR) is 59.2 cm³/mol. The van der Waals surface area contributed by atoms with Crippen LogP contribution in [0.25, 0.3) is 0 Å². The van der Waals surface area contributed by atoms with Crippen molar-refractivity contribution in [1.29, 1.82) is 0 Å². The van der Waals surface area contributed by atoms with Crippen LogP contribution < -0.4 is 0 Å². The van der Waals surface area contributed by atoms with Crippen LogP contribution >= 0.6 is 0 Å². The molecule has 0 aliphatic carbocycles. The Labute approximate surface area is 94.5 Å². The van der Waals surface area contributed by atoms with Crippen LogP contribution in [0.5, 0.6) is 0 Å². The molecule has 2 aromatic rings. The Kier molecular flexibility index (Phi) is 2.77. The zero-order valence-corrected chi connectivity index (χ0v) is 10.1. The van der Waals surface area contributed by atoms with Gasteiger partial charge in [0.05, 0.1) is 5.69 Å². The van der Waals surface area contributed by atoms with Crippen LogP contribution in [0.15, 0.2) is 4.52 Å². The second-order valence-electron chi connectivity index (χ2n) is 3.91. The van der Waals surface area contributed by atoms with Crippen LogP contribution in [0.1, 0.15) is 35.6 Å². The molecule has 0 fully saturated rings. The highest BCUT2D eigenvalue weighted by molar-refractivity contribution is 5.22. The standard InChI is InChI=1S/C11H16N4O/c1-5-11-12-10(14-16-11)6-15-9(4)7(2)8(3)13-15/h5-6H2,1-4H3. The molecule has 0 aromatic carbocycles. The van der Waals surface area contributed by atoms with E-state index in [2.05, 4.69) is 29.1 Å². The van der Waals surface area contributed by atoms with Crippen LogP contribution in [0.3, 0.4) is 0 Å². The summed E-state index contributed by atoms with van der Waals surface area (Å²) in [6, 6.07) is 0. The van der Waals surface area contributed by atoms with E-state index in [1.165, 1.54) is 5.56 Å². The van der Waals surface area contributed by atoms with Gasteiger partial charge in [0.1, 0.15) is 6.54 Å². The smallest absolute Gasteiger partial charge is 0.226 e. The molecule has 0 spiro atoms. The molecular weight excluding hydrogens is 204 g/mol. The first-order valence-corrected chi connectivity index (χ1v) is 5.44. The minimum Gasteiger partial charge on any atom is -0.339 e. The van der Waals surface area contributed by atoms with Crippen molar-refractivity contribution in [2.75, 3.05) is 0 Å². The van der Waals surface area contributed by atoms with Crippen molar-refractivity contribution < 1.29 is 4.52 Å². The molecule has 5 heteroatoms. The number of aryl methyl sites for hydroxylation is 2. The average Bonchev–Trinajstić information content (AvgIpc) is 2.81. The number of aromatic nitrogens is 4. The second-order valence-corrected chi connectivity index (χ2v) is 3.91. The zero-order valence-electron chi connectivity index (χ0n) is 10.1. The lowest BCUT2D eigenvalue weighted by Crippen LogP contribution is -2.05. The Balaban J connectivity index is 2.23. The SMILES string of the molecule is CCc1nc(Cn2nc(C)c(C)c2C)no1. The first-order valence-electron chi connectivity index (χ1n) is 5.44. The number of nitrogens with zero attached hydrogens (tertiary/aromatic N) is 4. The highest BCUT2D eigenvalue weighted by Gasteiger charge is 2.10. The topological polar surface area (TPSA) is 56.7 Å². The van der Waals surface area contributed by atoms with E-state index in [1.807, 2.05) is 18.5 Å². The molecule has 0 bridgehead atoms. The van der Waals surface area contributed by atoms with Gasteiger partial charge in [-0.1, -0.05) is 12.1 Å². The largest absolute Gasteiger partial charge is 0.339 e. The lowest BCUT2D eigenvalue weighted by atomic mass is 10.2. The normalized spacial score (nSPS) is 11.0. The van der Waals surface area contributed by atoms with Crippen LogP contribution in [0.4, 0.5) is 0 Å². The van der Waals surface area contributed by atoms with Gasteiger partial charge in [-0.25, -0.2) is 0 Å². The number of hydrogen-bond donors (Lipinski definition) is 0. The third-order valence-corrected chi connectivity index (χ3v) is 2.85. The lowest BCUT2D eigenvalue weighted by molar-refractivity contribution is 0.374. The highest BCUT2D eigenvalue weighted by atomic mass is 16.5. The zero-order chi connectivity index (χ0) is 11.7. The molecule has 0 amide bonds. The predicted octanol–water partition coefficient (Wildman–Crippen LogP) is 1.80. The van der Waals surface area contributed by atoms with E-state index in [0.29, 0.717) is 18.3 Å². The molecule has 2 rings (SSSR count). The molecule has 0 radical (unpaired) electrons. The van der Waals surface area contributed by atoms with Crippen LogP contribution in [0.2, 0.25) is 0 Å². The van der Waals surface area contributed by atoms with E-state index in [-0.39, 0.29) is 0 Å². The van der Waals surface area contributed by atoms with Crippen molar-refractivity contribution in [2.24, 2.45) is 0 Å². The molecule has 0 saturated carbocycles. The molecule has 2 aromatic heterocycles. The van der Waals surface area contributed by atoms with Gasteiger partial charge in [0, 0.05) is 12.1 Å². The van der Waals surface area contributed by atoms with Gasteiger partial charge >= 0.3 is 0 Å². The molecule has 0 unspecified atom stereocenters. The Morgan fingerprint density at radius 3 is 2.50 bits per heavy atom. The molecular formula is C11H16N4O. The highest BCUT2D eigenvalue weighted by Crippen LogP contribution is 2.12. The third-order valence-electron chi connectivity index (χ3n) is 2.85. The second kappa shape index (κ2) is 4.08. The van der Waals surface area contributed by atoms with Gasteiger partial charge in [-0.2, -0.15) is 10.1 Å².